The number of benzene rings is 1. The van der Waals surface area contributed by atoms with Crippen molar-refractivity contribution < 1.29 is 9.59 Å². The van der Waals surface area contributed by atoms with Crippen LogP contribution in [0.15, 0.2) is 24.3 Å². The lowest BCUT2D eigenvalue weighted by atomic mass is 9.99. The molecular weight excluding hydrogens is 278 g/mol. The van der Waals surface area contributed by atoms with Crippen LogP contribution in [0, 0.1) is 5.92 Å². The molecule has 1 aromatic rings. The van der Waals surface area contributed by atoms with Crippen LogP contribution < -0.4 is 10.6 Å². The quantitative estimate of drug-likeness (QED) is 0.895. The summed E-state index contributed by atoms with van der Waals surface area (Å²) in [5.41, 5.74) is 1.37. The van der Waals surface area contributed by atoms with Crippen LogP contribution in [-0.2, 0) is 4.79 Å². The highest BCUT2D eigenvalue weighted by Gasteiger charge is 2.24. The zero-order chi connectivity index (χ0) is 16.1. The maximum atomic E-state index is 12.5. The number of hydrogen-bond donors (Lipinski definition) is 2. The third kappa shape index (κ3) is 4.00. The Morgan fingerprint density at radius 3 is 2.59 bits per heavy atom. The topological polar surface area (TPSA) is 61.4 Å². The predicted molar refractivity (Wildman–Crippen MR) is 87.9 cm³/mol. The van der Waals surface area contributed by atoms with E-state index in [4.69, 9.17) is 0 Å². The van der Waals surface area contributed by atoms with Crippen LogP contribution >= 0.6 is 0 Å². The molecule has 0 bridgehead atoms. The van der Waals surface area contributed by atoms with Crippen molar-refractivity contribution in [1.82, 2.24) is 10.2 Å². The van der Waals surface area contributed by atoms with E-state index >= 15 is 0 Å². The molecular formula is C17H25N3O2. The number of piperidine rings is 1. The van der Waals surface area contributed by atoms with Gasteiger partial charge in [-0.05, 0) is 43.9 Å². The van der Waals surface area contributed by atoms with Crippen molar-refractivity contribution >= 4 is 17.5 Å². The summed E-state index contributed by atoms with van der Waals surface area (Å²) in [6.07, 6.45) is 2.15. The molecule has 2 N–H and O–H groups in total. The first-order valence-electron chi connectivity index (χ1n) is 7.88. The lowest BCUT2D eigenvalue weighted by Gasteiger charge is -2.32. The molecule has 120 valence electrons. The Kier molecular flexibility index (Phi) is 5.41. The van der Waals surface area contributed by atoms with E-state index in [1.54, 1.807) is 19.2 Å². The van der Waals surface area contributed by atoms with Crippen molar-refractivity contribution in [2.24, 2.45) is 5.92 Å². The fourth-order valence-electron chi connectivity index (χ4n) is 2.71. The summed E-state index contributed by atoms with van der Waals surface area (Å²) in [6.45, 7) is 5.77. The molecule has 0 spiro atoms. The van der Waals surface area contributed by atoms with Gasteiger partial charge in [0.2, 0.25) is 5.91 Å². The van der Waals surface area contributed by atoms with Gasteiger partial charge in [-0.15, -0.1) is 0 Å². The van der Waals surface area contributed by atoms with Crippen LogP contribution in [0.3, 0.4) is 0 Å². The van der Waals surface area contributed by atoms with E-state index in [2.05, 4.69) is 17.6 Å². The monoisotopic (exact) mass is 303 g/mol. The Hall–Kier alpha value is -2.04. The molecule has 1 aromatic carbocycles. The first-order chi connectivity index (χ1) is 10.5. The van der Waals surface area contributed by atoms with Crippen LogP contribution in [0.1, 0.15) is 37.0 Å². The molecule has 0 aliphatic carbocycles. The van der Waals surface area contributed by atoms with Crippen molar-refractivity contribution in [1.29, 1.82) is 0 Å². The summed E-state index contributed by atoms with van der Waals surface area (Å²) in [7, 11) is 1.60. The maximum absolute atomic E-state index is 12.5. The first-order valence-corrected chi connectivity index (χ1v) is 7.88. The van der Waals surface area contributed by atoms with E-state index in [-0.39, 0.29) is 17.9 Å². The lowest BCUT2D eigenvalue weighted by molar-refractivity contribution is -0.132. The van der Waals surface area contributed by atoms with Gasteiger partial charge in [0.15, 0.2) is 0 Å². The molecule has 2 rings (SSSR count). The summed E-state index contributed by atoms with van der Waals surface area (Å²) in [4.78, 5) is 26.0. The summed E-state index contributed by atoms with van der Waals surface area (Å²) >= 11 is 0. The molecule has 22 heavy (non-hydrogen) atoms. The zero-order valence-electron chi connectivity index (χ0n) is 13.6. The van der Waals surface area contributed by atoms with Crippen molar-refractivity contribution in [3.8, 4) is 0 Å². The SMILES string of the molecule is CNC(=O)c1cccc(N[C@@H](C)C(=O)N2CCC(C)CC2)c1. The Balaban J connectivity index is 1.97. The smallest absolute Gasteiger partial charge is 0.251 e. The molecule has 1 aliphatic heterocycles. The van der Waals surface area contributed by atoms with E-state index in [0.717, 1.165) is 31.6 Å². The molecule has 0 unspecified atom stereocenters. The fraction of sp³-hybridized carbons (Fsp3) is 0.529. The highest BCUT2D eigenvalue weighted by Crippen LogP contribution is 2.18. The molecule has 1 atom stereocenters. The number of nitrogens with zero attached hydrogens (tertiary/aromatic N) is 1. The molecule has 1 saturated heterocycles. The van der Waals surface area contributed by atoms with Crippen molar-refractivity contribution in [2.45, 2.75) is 32.7 Å². The number of carbonyl (C=O) groups is 2. The Morgan fingerprint density at radius 2 is 1.95 bits per heavy atom. The van der Waals surface area contributed by atoms with Gasteiger partial charge in [0.25, 0.3) is 5.91 Å². The second-order valence-corrected chi connectivity index (χ2v) is 6.03. The molecule has 0 saturated carbocycles. The van der Waals surface area contributed by atoms with Gasteiger partial charge >= 0.3 is 0 Å². The molecule has 5 nitrogen and oxygen atoms in total. The van der Waals surface area contributed by atoms with E-state index in [9.17, 15) is 9.59 Å². The van der Waals surface area contributed by atoms with E-state index in [1.807, 2.05) is 24.0 Å². The number of rotatable bonds is 4. The Labute approximate surface area is 132 Å². The largest absolute Gasteiger partial charge is 0.374 e. The third-order valence-electron chi connectivity index (χ3n) is 4.20. The Morgan fingerprint density at radius 1 is 1.27 bits per heavy atom. The number of amides is 2. The molecule has 1 fully saturated rings. The standard InChI is InChI=1S/C17H25N3O2/c1-12-7-9-20(10-8-12)17(22)13(2)19-15-6-4-5-14(11-15)16(21)18-3/h4-6,11-13,19H,7-10H2,1-3H3,(H,18,21)/t13-/m0/s1. The minimum Gasteiger partial charge on any atom is -0.374 e. The van der Waals surface area contributed by atoms with Gasteiger partial charge in [0, 0.05) is 31.4 Å². The maximum Gasteiger partial charge on any atom is 0.251 e. The van der Waals surface area contributed by atoms with Crippen molar-refractivity contribution in [3.63, 3.8) is 0 Å². The van der Waals surface area contributed by atoms with Gasteiger partial charge in [-0.3, -0.25) is 9.59 Å². The van der Waals surface area contributed by atoms with E-state index in [1.165, 1.54) is 0 Å². The molecule has 1 aliphatic rings. The number of hydrogen-bond acceptors (Lipinski definition) is 3. The zero-order valence-corrected chi connectivity index (χ0v) is 13.6. The first kappa shape index (κ1) is 16.3. The summed E-state index contributed by atoms with van der Waals surface area (Å²) in [5.74, 6) is 0.696. The van der Waals surface area contributed by atoms with Gasteiger partial charge in [-0.1, -0.05) is 13.0 Å². The summed E-state index contributed by atoms with van der Waals surface area (Å²) in [5, 5.41) is 5.80. The Bertz CT molecular complexity index is 536. The second-order valence-electron chi connectivity index (χ2n) is 6.03. The van der Waals surface area contributed by atoms with Gasteiger partial charge in [-0.2, -0.15) is 0 Å². The third-order valence-corrected chi connectivity index (χ3v) is 4.20. The normalized spacial score (nSPS) is 17.0. The van der Waals surface area contributed by atoms with Gasteiger partial charge in [-0.25, -0.2) is 0 Å². The van der Waals surface area contributed by atoms with E-state index < -0.39 is 0 Å². The van der Waals surface area contributed by atoms with Crippen molar-refractivity contribution in [3.05, 3.63) is 29.8 Å². The minimum atomic E-state index is -0.298. The molecule has 1 heterocycles. The highest BCUT2D eigenvalue weighted by molar-refractivity contribution is 5.95. The number of likely N-dealkylation sites (tertiary alicyclic amines) is 1. The van der Waals surface area contributed by atoms with Crippen LogP contribution in [0.2, 0.25) is 0 Å². The van der Waals surface area contributed by atoms with Gasteiger partial charge in [0.1, 0.15) is 6.04 Å². The lowest BCUT2D eigenvalue weighted by Crippen LogP contribution is -2.45. The number of nitrogens with one attached hydrogen (secondary N) is 2. The highest BCUT2D eigenvalue weighted by atomic mass is 16.2. The second kappa shape index (κ2) is 7.29. The van der Waals surface area contributed by atoms with Crippen LogP contribution in [0.4, 0.5) is 5.69 Å². The van der Waals surface area contributed by atoms with Gasteiger partial charge < -0.3 is 15.5 Å². The van der Waals surface area contributed by atoms with Crippen LogP contribution in [0.5, 0.6) is 0 Å². The van der Waals surface area contributed by atoms with E-state index in [0.29, 0.717) is 11.5 Å². The number of anilines is 1. The average Bonchev–Trinajstić information content (AvgIpc) is 2.54. The van der Waals surface area contributed by atoms with Crippen molar-refractivity contribution in [2.75, 3.05) is 25.5 Å². The minimum absolute atomic E-state index is 0.122. The number of carbonyl (C=O) groups excluding carboxylic acids is 2. The fourth-order valence-corrected chi connectivity index (χ4v) is 2.71. The molecule has 0 radical (unpaired) electrons. The molecule has 0 aromatic heterocycles. The van der Waals surface area contributed by atoms with Crippen LogP contribution in [0.25, 0.3) is 0 Å². The summed E-state index contributed by atoms with van der Waals surface area (Å²) in [6, 6.07) is 6.90. The molecule has 2 amide bonds. The summed E-state index contributed by atoms with van der Waals surface area (Å²) < 4.78 is 0. The average molecular weight is 303 g/mol. The van der Waals surface area contributed by atoms with Gasteiger partial charge in [0.05, 0.1) is 0 Å². The van der Waals surface area contributed by atoms with Crippen LogP contribution in [-0.4, -0.2) is 42.9 Å². The molecule has 5 heteroatoms. The predicted octanol–water partition coefficient (Wildman–Crippen LogP) is 2.11.